The summed E-state index contributed by atoms with van der Waals surface area (Å²) in [4.78, 5) is 33.3. The molecule has 9 heteroatoms. The number of carbonyl (C=O) groups excluding carboxylic acids is 2. The Kier molecular flexibility index (Phi) is 6.89. The quantitative estimate of drug-likeness (QED) is 0.600. The van der Waals surface area contributed by atoms with Gasteiger partial charge < -0.3 is 15.5 Å². The second-order valence-corrected chi connectivity index (χ2v) is 7.63. The van der Waals surface area contributed by atoms with E-state index in [0.29, 0.717) is 37.4 Å². The first kappa shape index (κ1) is 22.3. The van der Waals surface area contributed by atoms with Crippen LogP contribution in [0.2, 0.25) is 0 Å². The van der Waals surface area contributed by atoms with Gasteiger partial charge in [-0.05, 0) is 48.5 Å². The molecule has 0 radical (unpaired) electrons. The number of nitrogens with zero attached hydrogens (tertiary/aromatic N) is 3. The number of anilines is 3. The van der Waals surface area contributed by atoms with Gasteiger partial charge in [-0.25, -0.2) is 13.8 Å². The van der Waals surface area contributed by atoms with Gasteiger partial charge in [-0.3, -0.25) is 14.5 Å². The summed E-state index contributed by atoms with van der Waals surface area (Å²) in [5.41, 5.74) is 1.12. The summed E-state index contributed by atoms with van der Waals surface area (Å²) >= 11 is 0. The van der Waals surface area contributed by atoms with E-state index in [4.69, 9.17) is 0 Å². The Labute approximate surface area is 190 Å². The van der Waals surface area contributed by atoms with Crippen molar-refractivity contribution in [2.24, 2.45) is 0 Å². The van der Waals surface area contributed by atoms with Gasteiger partial charge >= 0.3 is 0 Å². The summed E-state index contributed by atoms with van der Waals surface area (Å²) in [7, 11) is 0. The minimum atomic E-state index is -0.436. The molecule has 1 saturated heterocycles. The molecule has 7 nitrogen and oxygen atoms in total. The number of pyridine rings is 1. The Hall–Kier alpha value is -3.85. The number of aromatic nitrogens is 1. The first-order chi connectivity index (χ1) is 16.0. The minimum absolute atomic E-state index is 0.173. The van der Waals surface area contributed by atoms with Gasteiger partial charge in [0.25, 0.3) is 5.91 Å². The number of carbonyl (C=O) groups is 2. The normalized spacial score (nSPS) is 14.1. The lowest BCUT2D eigenvalue weighted by molar-refractivity contribution is -0.117. The van der Waals surface area contributed by atoms with Crippen molar-refractivity contribution >= 4 is 29.0 Å². The van der Waals surface area contributed by atoms with Crippen LogP contribution in [-0.4, -0.2) is 59.3 Å². The molecule has 4 rings (SSSR count). The molecular weight excluding hydrogens is 428 g/mol. The van der Waals surface area contributed by atoms with Crippen molar-refractivity contribution in [1.29, 1.82) is 0 Å². The van der Waals surface area contributed by atoms with Crippen LogP contribution in [0.25, 0.3) is 0 Å². The molecule has 1 aliphatic heterocycles. The first-order valence-electron chi connectivity index (χ1n) is 10.5. The topological polar surface area (TPSA) is 77.6 Å². The second kappa shape index (κ2) is 10.2. The molecule has 0 bridgehead atoms. The van der Waals surface area contributed by atoms with E-state index in [9.17, 15) is 18.4 Å². The number of amides is 2. The Balaban J connectivity index is 1.33. The van der Waals surface area contributed by atoms with Crippen LogP contribution >= 0.6 is 0 Å². The Morgan fingerprint density at radius 2 is 1.64 bits per heavy atom. The standard InChI is InChI=1S/C24H23F2N5O2/c25-17-7-9-18(10-8-17)28-22(32)16-30-12-14-31(15-13-30)24(33)19-4-3-11-27-23(19)29-21-6-2-1-5-20(21)26/h1-11H,12-16H2,(H,27,29)(H,28,32). The van der Waals surface area contributed by atoms with Crippen molar-refractivity contribution in [3.63, 3.8) is 0 Å². The molecule has 0 spiro atoms. The van der Waals surface area contributed by atoms with Crippen LogP contribution < -0.4 is 10.6 Å². The van der Waals surface area contributed by atoms with E-state index in [2.05, 4.69) is 15.6 Å². The van der Waals surface area contributed by atoms with Gasteiger partial charge in [-0.15, -0.1) is 0 Å². The number of piperazine rings is 1. The van der Waals surface area contributed by atoms with Gasteiger partial charge in [-0.1, -0.05) is 12.1 Å². The highest BCUT2D eigenvalue weighted by Gasteiger charge is 2.25. The highest BCUT2D eigenvalue weighted by molar-refractivity contribution is 5.99. The van der Waals surface area contributed by atoms with E-state index >= 15 is 0 Å². The third kappa shape index (κ3) is 5.69. The highest BCUT2D eigenvalue weighted by Crippen LogP contribution is 2.22. The zero-order valence-electron chi connectivity index (χ0n) is 17.8. The summed E-state index contributed by atoms with van der Waals surface area (Å²) in [5, 5.41) is 5.64. The number of benzene rings is 2. The fraction of sp³-hybridized carbons (Fsp3) is 0.208. The van der Waals surface area contributed by atoms with E-state index in [1.807, 2.05) is 4.90 Å². The average Bonchev–Trinajstić information content (AvgIpc) is 2.82. The summed E-state index contributed by atoms with van der Waals surface area (Å²) in [5.74, 6) is -0.931. The third-order valence-electron chi connectivity index (χ3n) is 5.32. The maximum atomic E-state index is 14.0. The maximum absolute atomic E-state index is 14.0. The molecule has 33 heavy (non-hydrogen) atoms. The molecule has 2 N–H and O–H groups in total. The van der Waals surface area contributed by atoms with Crippen molar-refractivity contribution < 1.29 is 18.4 Å². The van der Waals surface area contributed by atoms with E-state index < -0.39 is 5.82 Å². The third-order valence-corrected chi connectivity index (χ3v) is 5.32. The predicted octanol–water partition coefficient (Wildman–Crippen LogP) is 3.50. The van der Waals surface area contributed by atoms with Crippen LogP contribution in [0.4, 0.5) is 26.0 Å². The molecule has 0 atom stereocenters. The van der Waals surface area contributed by atoms with Crippen LogP contribution in [0.5, 0.6) is 0 Å². The molecule has 2 heterocycles. The fourth-order valence-corrected chi connectivity index (χ4v) is 3.58. The Bertz CT molecular complexity index is 1130. The van der Waals surface area contributed by atoms with Crippen LogP contribution in [0.3, 0.4) is 0 Å². The zero-order valence-corrected chi connectivity index (χ0v) is 17.8. The smallest absolute Gasteiger partial charge is 0.257 e. The molecule has 0 saturated carbocycles. The van der Waals surface area contributed by atoms with Crippen LogP contribution in [0, 0.1) is 11.6 Å². The molecule has 2 amide bonds. The summed E-state index contributed by atoms with van der Waals surface area (Å²) in [6.45, 7) is 2.11. The van der Waals surface area contributed by atoms with Crippen molar-refractivity contribution in [2.75, 3.05) is 43.4 Å². The molecule has 3 aromatic rings. The van der Waals surface area contributed by atoms with E-state index in [-0.39, 0.29) is 35.7 Å². The van der Waals surface area contributed by atoms with Crippen LogP contribution in [0.15, 0.2) is 66.9 Å². The van der Waals surface area contributed by atoms with Gasteiger partial charge in [0.2, 0.25) is 5.91 Å². The molecule has 0 aliphatic carbocycles. The van der Waals surface area contributed by atoms with Gasteiger partial charge in [0.1, 0.15) is 17.5 Å². The van der Waals surface area contributed by atoms with Gasteiger partial charge in [0, 0.05) is 38.1 Å². The number of hydrogen-bond acceptors (Lipinski definition) is 5. The molecule has 2 aromatic carbocycles. The lowest BCUT2D eigenvalue weighted by Gasteiger charge is -2.34. The van der Waals surface area contributed by atoms with Crippen molar-refractivity contribution in [3.05, 3.63) is 84.1 Å². The Morgan fingerprint density at radius 1 is 0.909 bits per heavy atom. The summed E-state index contributed by atoms with van der Waals surface area (Å²) in [6, 6.07) is 15.1. The van der Waals surface area contributed by atoms with Crippen molar-refractivity contribution in [2.45, 2.75) is 0 Å². The molecule has 0 unspecified atom stereocenters. The van der Waals surface area contributed by atoms with Crippen molar-refractivity contribution in [3.8, 4) is 0 Å². The SMILES string of the molecule is O=C(CN1CCN(C(=O)c2cccnc2Nc2ccccc2F)CC1)Nc1ccc(F)cc1. The predicted molar refractivity (Wildman–Crippen MR) is 121 cm³/mol. The number of para-hydroxylation sites is 1. The van der Waals surface area contributed by atoms with Gasteiger partial charge in [0.15, 0.2) is 0 Å². The Morgan fingerprint density at radius 3 is 2.36 bits per heavy atom. The lowest BCUT2D eigenvalue weighted by atomic mass is 10.2. The molecule has 1 fully saturated rings. The first-order valence-corrected chi connectivity index (χ1v) is 10.5. The lowest BCUT2D eigenvalue weighted by Crippen LogP contribution is -2.50. The monoisotopic (exact) mass is 451 g/mol. The van der Waals surface area contributed by atoms with E-state index in [1.54, 1.807) is 35.2 Å². The molecule has 1 aliphatic rings. The van der Waals surface area contributed by atoms with Crippen molar-refractivity contribution in [1.82, 2.24) is 14.8 Å². The maximum Gasteiger partial charge on any atom is 0.257 e. The molecule has 1 aromatic heterocycles. The zero-order chi connectivity index (χ0) is 23.2. The number of hydrogen-bond donors (Lipinski definition) is 2. The van der Waals surface area contributed by atoms with Gasteiger partial charge in [-0.2, -0.15) is 0 Å². The fourth-order valence-electron chi connectivity index (χ4n) is 3.58. The number of nitrogens with one attached hydrogen (secondary N) is 2. The minimum Gasteiger partial charge on any atom is -0.337 e. The second-order valence-electron chi connectivity index (χ2n) is 7.63. The average molecular weight is 451 g/mol. The van der Waals surface area contributed by atoms with E-state index in [1.165, 1.54) is 36.5 Å². The van der Waals surface area contributed by atoms with Gasteiger partial charge in [0.05, 0.1) is 17.8 Å². The number of halogens is 2. The largest absolute Gasteiger partial charge is 0.337 e. The molecular formula is C24H23F2N5O2. The van der Waals surface area contributed by atoms with Crippen LogP contribution in [-0.2, 0) is 4.79 Å². The van der Waals surface area contributed by atoms with E-state index in [0.717, 1.165) is 0 Å². The number of rotatable bonds is 6. The highest BCUT2D eigenvalue weighted by atomic mass is 19.1. The summed E-state index contributed by atoms with van der Waals surface area (Å²) < 4.78 is 27.0. The van der Waals surface area contributed by atoms with Crippen LogP contribution in [0.1, 0.15) is 10.4 Å². The summed E-state index contributed by atoms with van der Waals surface area (Å²) in [6.07, 6.45) is 1.54. The molecule has 170 valence electrons.